The Morgan fingerprint density at radius 1 is 0.359 bits per heavy atom. The van der Waals surface area contributed by atoms with Gasteiger partial charge in [0.15, 0.2) is 23.0 Å². The molecule has 0 saturated heterocycles. The van der Waals surface area contributed by atoms with Crippen LogP contribution in [0, 0.1) is 23.7 Å². The average molecular weight is 871 g/mol. The summed E-state index contributed by atoms with van der Waals surface area (Å²) in [5.74, 6) is 5.63. The Kier molecular flexibility index (Phi) is 25.0. The maximum Gasteiger partial charge on any atom is 0.168 e. The topological polar surface area (TPSA) is 36.9 Å². The summed E-state index contributed by atoms with van der Waals surface area (Å²) in [4.78, 5) is 0. The van der Waals surface area contributed by atoms with Crippen molar-refractivity contribution in [3.63, 3.8) is 0 Å². The van der Waals surface area contributed by atoms with Gasteiger partial charge in [-0.3, -0.25) is 0 Å². The first kappa shape index (κ1) is 52.2. The highest BCUT2D eigenvalue weighted by atomic mass is 16.5. The molecule has 4 aromatic carbocycles. The van der Waals surface area contributed by atoms with E-state index >= 15 is 0 Å². The largest absolute Gasteiger partial charge is 0.489 e. The van der Waals surface area contributed by atoms with E-state index < -0.39 is 0 Å². The standard InChI is InChI=1S/C60H86O4/c1-9-17-23-47(13-5)43-61-57-29-21-27-55(59(57)63-45-49(15-7)25-19-11-3)41-35-51-31-37-53(38-32-51)54-39-33-52(34-40-54)36-42-56-28-22-30-58(62-44-48(14-6)24-18-10-2)60(56)64-46-50(16-8)26-20-12-4/h21-22,27-42,47-50H,9-20,23-26,43-46H2,1-8H3/b41-35+,42-36+. The van der Waals surface area contributed by atoms with Crippen LogP contribution in [0.3, 0.4) is 0 Å². The molecule has 0 aliphatic rings. The van der Waals surface area contributed by atoms with Crippen LogP contribution in [0.5, 0.6) is 23.0 Å². The Labute approximate surface area is 391 Å². The molecule has 0 fully saturated rings. The molecule has 0 N–H and O–H groups in total. The normalized spacial score (nSPS) is 13.6. The molecule has 0 saturated carbocycles. The van der Waals surface area contributed by atoms with Crippen LogP contribution in [0.15, 0.2) is 84.9 Å². The van der Waals surface area contributed by atoms with Crippen molar-refractivity contribution in [1.29, 1.82) is 0 Å². The molecule has 4 atom stereocenters. The first-order valence-electron chi connectivity index (χ1n) is 25.7. The molecule has 350 valence electrons. The van der Waals surface area contributed by atoms with Gasteiger partial charge < -0.3 is 18.9 Å². The predicted octanol–water partition coefficient (Wildman–Crippen LogP) is 18.1. The molecular formula is C60H86O4. The minimum atomic E-state index is 0.539. The maximum absolute atomic E-state index is 6.67. The zero-order valence-corrected chi connectivity index (χ0v) is 41.5. The van der Waals surface area contributed by atoms with Crippen LogP contribution in [0.1, 0.15) is 180 Å². The van der Waals surface area contributed by atoms with Gasteiger partial charge in [-0.2, -0.15) is 0 Å². The SMILES string of the molecule is CCCCC(CC)COc1cccc(/C=C/c2ccc(-c3ccc(/C=C/c4cccc(OCC(CC)CCCC)c4OCC(CC)CCCC)cc3)cc2)c1OCC(CC)CCCC. The maximum atomic E-state index is 6.67. The van der Waals surface area contributed by atoms with E-state index in [-0.39, 0.29) is 0 Å². The van der Waals surface area contributed by atoms with Crippen LogP contribution in [-0.2, 0) is 0 Å². The van der Waals surface area contributed by atoms with E-state index in [4.69, 9.17) is 18.9 Å². The lowest BCUT2D eigenvalue weighted by molar-refractivity contribution is 0.199. The van der Waals surface area contributed by atoms with Gasteiger partial charge in [-0.25, -0.2) is 0 Å². The van der Waals surface area contributed by atoms with Crippen LogP contribution in [0.25, 0.3) is 35.4 Å². The van der Waals surface area contributed by atoms with Gasteiger partial charge in [-0.15, -0.1) is 0 Å². The molecule has 64 heavy (non-hydrogen) atoms. The zero-order chi connectivity index (χ0) is 45.8. The second kappa shape index (κ2) is 30.7. The average Bonchev–Trinajstić information content (AvgIpc) is 3.33. The summed E-state index contributed by atoms with van der Waals surface area (Å²) in [6.45, 7) is 21.0. The fourth-order valence-electron chi connectivity index (χ4n) is 8.22. The van der Waals surface area contributed by atoms with Crippen LogP contribution < -0.4 is 18.9 Å². The molecular weight excluding hydrogens is 785 g/mol. The molecule has 0 aliphatic heterocycles. The van der Waals surface area contributed by atoms with Crippen LogP contribution in [-0.4, -0.2) is 26.4 Å². The first-order chi connectivity index (χ1) is 31.4. The Morgan fingerprint density at radius 3 is 0.969 bits per heavy atom. The Bertz CT molecular complexity index is 1750. The third-order valence-electron chi connectivity index (χ3n) is 13.1. The van der Waals surface area contributed by atoms with E-state index in [1.165, 1.54) is 88.2 Å². The van der Waals surface area contributed by atoms with Crippen LogP contribution in [0.4, 0.5) is 0 Å². The van der Waals surface area contributed by atoms with Gasteiger partial charge in [0, 0.05) is 11.1 Å². The third-order valence-corrected chi connectivity index (χ3v) is 13.1. The van der Waals surface area contributed by atoms with Crippen molar-refractivity contribution in [2.45, 2.75) is 158 Å². The Hall–Kier alpha value is -4.44. The van der Waals surface area contributed by atoms with Gasteiger partial charge in [0.2, 0.25) is 0 Å². The second-order valence-corrected chi connectivity index (χ2v) is 18.2. The summed E-state index contributed by atoms with van der Waals surface area (Å²) in [6.07, 6.45) is 27.8. The van der Waals surface area contributed by atoms with Crippen molar-refractivity contribution in [2.24, 2.45) is 23.7 Å². The van der Waals surface area contributed by atoms with Gasteiger partial charge >= 0.3 is 0 Å². The highest BCUT2D eigenvalue weighted by Crippen LogP contribution is 2.36. The van der Waals surface area contributed by atoms with Crippen LogP contribution in [0.2, 0.25) is 0 Å². The molecule has 4 aromatic rings. The summed E-state index contributed by atoms with van der Waals surface area (Å²) >= 11 is 0. The summed E-state index contributed by atoms with van der Waals surface area (Å²) < 4.78 is 26.4. The number of rotatable bonds is 33. The molecule has 4 nitrogen and oxygen atoms in total. The van der Waals surface area contributed by atoms with Gasteiger partial charge in [-0.1, -0.05) is 230 Å². The van der Waals surface area contributed by atoms with Gasteiger partial charge in [-0.05, 0) is 83.7 Å². The van der Waals surface area contributed by atoms with E-state index in [2.05, 4.69) is 165 Å². The summed E-state index contributed by atoms with van der Waals surface area (Å²) in [6, 6.07) is 30.3. The number of benzene rings is 4. The van der Waals surface area contributed by atoms with Gasteiger partial charge in [0.05, 0.1) is 26.4 Å². The van der Waals surface area contributed by atoms with E-state index in [0.29, 0.717) is 36.9 Å². The van der Waals surface area contributed by atoms with E-state index in [1.807, 2.05) is 0 Å². The highest BCUT2D eigenvalue weighted by Gasteiger charge is 2.17. The number of ether oxygens (including phenoxy) is 4. The van der Waals surface area contributed by atoms with E-state index in [9.17, 15) is 0 Å². The molecule has 4 heteroatoms. The molecule has 0 amide bonds. The highest BCUT2D eigenvalue weighted by molar-refractivity contribution is 5.77. The van der Waals surface area contributed by atoms with Crippen molar-refractivity contribution >= 4 is 24.3 Å². The van der Waals surface area contributed by atoms with E-state index in [0.717, 1.165) is 84.1 Å². The number of hydrogen-bond donors (Lipinski definition) is 0. The molecule has 0 radical (unpaired) electrons. The number of unbranched alkanes of at least 4 members (excludes halogenated alkanes) is 4. The monoisotopic (exact) mass is 871 g/mol. The molecule has 0 aromatic heterocycles. The Balaban J connectivity index is 1.49. The summed E-state index contributed by atoms with van der Waals surface area (Å²) in [7, 11) is 0. The van der Waals surface area contributed by atoms with Crippen molar-refractivity contribution < 1.29 is 18.9 Å². The Morgan fingerprint density at radius 2 is 0.672 bits per heavy atom. The minimum Gasteiger partial charge on any atom is -0.489 e. The third kappa shape index (κ3) is 17.9. The van der Waals surface area contributed by atoms with Crippen molar-refractivity contribution in [1.82, 2.24) is 0 Å². The predicted molar refractivity (Wildman–Crippen MR) is 278 cm³/mol. The van der Waals surface area contributed by atoms with Crippen molar-refractivity contribution in [3.8, 4) is 34.1 Å². The van der Waals surface area contributed by atoms with Crippen LogP contribution >= 0.6 is 0 Å². The second-order valence-electron chi connectivity index (χ2n) is 18.2. The summed E-state index contributed by atoms with van der Waals surface area (Å²) in [5.41, 5.74) is 6.78. The number of para-hydroxylation sites is 2. The van der Waals surface area contributed by atoms with E-state index in [1.54, 1.807) is 0 Å². The molecule has 0 heterocycles. The molecule has 0 bridgehead atoms. The fraction of sp³-hybridized carbons (Fsp3) is 0.533. The lowest BCUT2D eigenvalue weighted by Crippen LogP contribution is -2.14. The molecule has 0 aliphatic carbocycles. The van der Waals surface area contributed by atoms with Gasteiger partial charge in [0.25, 0.3) is 0 Å². The fourth-order valence-corrected chi connectivity index (χ4v) is 8.22. The zero-order valence-electron chi connectivity index (χ0n) is 41.5. The lowest BCUT2D eigenvalue weighted by Gasteiger charge is -2.21. The minimum absolute atomic E-state index is 0.539. The summed E-state index contributed by atoms with van der Waals surface area (Å²) in [5, 5.41) is 0. The number of hydrogen-bond acceptors (Lipinski definition) is 4. The quantitative estimate of drug-likeness (QED) is 0.0447. The van der Waals surface area contributed by atoms with Gasteiger partial charge in [0.1, 0.15) is 0 Å². The lowest BCUT2D eigenvalue weighted by atomic mass is 10.00. The molecule has 0 spiro atoms. The molecule has 4 rings (SSSR count). The molecule has 4 unspecified atom stereocenters. The smallest absolute Gasteiger partial charge is 0.168 e. The van der Waals surface area contributed by atoms with Crippen molar-refractivity contribution in [3.05, 3.63) is 107 Å². The first-order valence-corrected chi connectivity index (χ1v) is 25.7. The van der Waals surface area contributed by atoms with Crippen molar-refractivity contribution in [2.75, 3.05) is 26.4 Å².